The second kappa shape index (κ2) is 6.48. The van der Waals surface area contributed by atoms with Gasteiger partial charge in [-0.05, 0) is 31.5 Å². The molecule has 1 unspecified atom stereocenters. The lowest BCUT2D eigenvalue weighted by Crippen LogP contribution is -2.19. The number of hydrogen-bond donors (Lipinski definition) is 1. The van der Waals surface area contributed by atoms with Gasteiger partial charge in [0.2, 0.25) is 0 Å². The molecule has 1 aromatic heterocycles. The normalized spacial score (nSPS) is 11.9. The van der Waals surface area contributed by atoms with Crippen LogP contribution in [0.4, 0.5) is 5.69 Å². The van der Waals surface area contributed by atoms with Crippen molar-refractivity contribution in [3.63, 3.8) is 0 Å². The molecule has 1 heterocycles. The number of nitrogens with zero attached hydrogens (tertiary/aromatic N) is 2. The van der Waals surface area contributed by atoms with Crippen molar-refractivity contribution in [2.24, 2.45) is 0 Å². The molecule has 0 bridgehead atoms. The Hall–Kier alpha value is -2.88. The molecule has 0 radical (unpaired) electrons. The summed E-state index contributed by atoms with van der Waals surface area (Å²) in [6.07, 6.45) is 3.30. The number of hydrogen-bond acceptors (Lipinski definition) is 2. The zero-order valence-corrected chi connectivity index (χ0v) is 13.2. The van der Waals surface area contributed by atoms with Crippen LogP contribution in [0.5, 0.6) is 0 Å². The Balaban J connectivity index is 1.83. The first-order chi connectivity index (χ1) is 11.1. The zero-order chi connectivity index (χ0) is 16.2. The van der Waals surface area contributed by atoms with Gasteiger partial charge < -0.3 is 9.88 Å². The molecule has 0 aliphatic heterocycles. The first-order valence-electron chi connectivity index (χ1n) is 7.60. The summed E-state index contributed by atoms with van der Waals surface area (Å²) in [5.74, 6) is -0.158. The third-order valence-electron chi connectivity index (χ3n) is 3.91. The number of carbonyl (C=O) groups is 1. The second-order valence-corrected chi connectivity index (χ2v) is 5.59. The summed E-state index contributed by atoms with van der Waals surface area (Å²) in [4.78, 5) is 16.7. The van der Waals surface area contributed by atoms with E-state index in [1.165, 1.54) is 0 Å². The van der Waals surface area contributed by atoms with Crippen LogP contribution >= 0.6 is 0 Å². The van der Waals surface area contributed by atoms with Crippen molar-refractivity contribution in [3.05, 3.63) is 83.9 Å². The highest BCUT2D eigenvalue weighted by molar-refractivity contribution is 6.03. The molecule has 116 valence electrons. The standard InChI is InChI=1S/C19H19N3O/c1-14-8-10-17(11-9-14)21-19(23)18-12-20-13-22(18)15(2)16-6-4-3-5-7-16/h3-13,15H,1-2H3,(H,21,23). The quantitative estimate of drug-likeness (QED) is 0.790. The van der Waals surface area contributed by atoms with Gasteiger partial charge in [0.1, 0.15) is 5.69 Å². The fourth-order valence-electron chi connectivity index (χ4n) is 2.51. The molecule has 0 saturated heterocycles. The summed E-state index contributed by atoms with van der Waals surface area (Å²) in [5, 5.41) is 2.92. The molecular weight excluding hydrogens is 286 g/mol. The van der Waals surface area contributed by atoms with Crippen LogP contribution in [0.2, 0.25) is 0 Å². The maximum absolute atomic E-state index is 12.5. The van der Waals surface area contributed by atoms with E-state index in [4.69, 9.17) is 0 Å². The number of benzene rings is 2. The number of rotatable bonds is 4. The monoisotopic (exact) mass is 305 g/mol. The van der Waals surface area contributed by atoms with E-state index in [1.807, 2.05) is 66.1 Å². The van der Waals surface area contributed by atoms with Gasteiger partial charge in [0, 0.05) is 5.69 Å². The smallest absolute Gasteiger partial charge is 0.273 e. The molecule has 0 fully saturated rings. The van der Waals surface area contributed by atoms with Crippen LogP contribution in [0.3, 0.4) is 0 Å². The minimum Gasteiger partial charge on any atom is -0.321 e. The molecule has 1 atom stereocenters. The molecule has 3 rings (SSSR count). The Bertz CT molecular complexity index is 791. The number of carbonyl (C=O) groups excluding carboxylic acids is 1. The molecule has 0 saturated carbocycles. The van der Waals surface area contributed by atoms with E-state index in [1.54, 1.807) is 12.5 Å². The molecule has 0 spiro atoms. The molecule has 4 nitrogen and oxygen atoms in total. The average molecular weight is 305 g/mol. The van der Waals surface area contributed by atoms with Crippen molar-refractivity contribution < 1.29 is 4.79 Å². The highest BCUT2D eigenvalue weighted by Gasteiger charge is 2.17. The van der Waals surface area contributed by atoms with Gasteiger partial charge in [-0.2, -0.15) is 0 Å². The Morgan fingerprint density at radius 2 is 1.78 bits per heavy atom. The van der Waals surface area contributed by atoms with Crippen molar-refractivity contribution in [3.8, 4) is 0 Å². The van der Waals surface area contributed by atoms with Crippen molar-refractivity contribution in [1.29, 1.82) is 0 Å². The largest absolute Gasteiger partial charge is 0.321 e. The van der Waals surface area contributed by atoms with Gasteiger partial charge in [0.15, 0.2) is 0 Å². The van der Waals surface area contributed by atoms with Crippen molar-refractivity contribution >= 4 is 11.6 Å². The first-order valence-corrected chi connectivity index (χ1v) is 7.60. The Morgan fingerprint density at radius 3 is 2.48 bits per heavy atom. The molecular formula is C19H19N3O. The summed E-state index contributed by atoms with van der Waals surface area (Å²) >= 11 is 0. The summed E-state index contributed by atoms with van der Waals surface area (Å²) in [6.45, 7) is 4.07. The summed E-state index contributed by atoms with van der Waals surface area (Å²) in [6, 6.07) is 17.8. The van der Waals surface area contributed by atoms with Crippen LogP contribution in [0.1, 0.15) is 34.6 Å². The Labute approximate surface area is 135 Å². The second-order valence-electron chi connectivity index (χ2n) is 5.59. The number of imidazole rings is 1. The third kappa shape index (κ3) is 3.31. The highest BCUT2D eigenvalue weighted by Crippen LogP contribution is 2.20. The van der Waals surface area contributed by atoms with E-state index in [9.17, 15) is 4.79 Å². The molecule has 23 heavy (non-hydrogen) atoms. The predicted octanol–water partition coefficient (Wildman–Crippen LogP) is 4.05. The predicted molar refractivity (Wildman–Crippen MR) is 91.6 cm³/mol. The van der Waals surface area contributed by atoms with E-state index < -0.39 is 0 Å². The van der Waals surface area contributed by atoms with E-state index in [0.29, 0.717) is 5.69 Å². The number of aryl methyl sites for hydroxylation is 1. The lowest BCUT2D eigenvalue weighted by molar-refractivity contribution is 0.101. The number of nitrogens with one attached hydrogen (secondary N) is 1. The van der Waals surface area contributed by atoms with Crippen LogP contribution in [-0.4, -0.2) is 15.5 Å². The summed E-state index contributed by atoms with van der Waals surface area (Å²) < 4.78 is 1.89. The van der Waals surface area contributed by atoms with Crippen molar-refractivity contribution in [2.75, 3.05) is 5.32 Å². The first kappa shape index (κ1) is 15.0. The van der Waals surface area contributed by atoms with Gasteiger partial charge in [-0.1, -0.05) is 48.0 Å². The lowest BCUT2D eigenvalue weighted by Gasteiger charge is -2.16. The van der Waals surface area contributed by atoms with Crippen LogP contribution < -0.4 is 5.32 Å². The van der Waals surface area contributed by atoms with Gasteiger partial charge >= 0.3 is 0 Å². The van der Waals surface area contributed by atoms with E-state index in [-0.39, 0.29) is 11.9 Å². The SMILES string of the molecule is Cc1ccc(NC(=O)c2cncn2C(C)c2ccccc2)cc1. The molecule has 1 amide bonds. The minimum atomic E-state index is -0.158. The minimum absolute atomic E-state index is 0.0393. The fourth-order valence-corrected chi connectivity index (χ4v) is 2.51. The van der Waals surface area contributed by atoms with E-state index >= 15 is 0 Å². The van der Waals surface area contributed by atoms with Crippen molar-refractivity contribution in [1.82, 2.24) is 9.55 Å². The maximum Gasteiger partial charge on any atom is 0.273 e. The van der Waals surface area contributed by atoms with Crippen LogP contribution in [0.25, 0.3) is 0 Å². The third-order valence-corrected chi connectivity index (χ3v) is 3.91. The zero-order valence-electron chi connectivity index (χ0n) is 13.2. The summed E-state index contributed by atoms with van der Waals surface area (Å²) in [7, 11) is 0. The van der Waals surface area contributed by atoms with Gasteiger partial charge in [-0.15, -0.1) is 0 Å². The van der Waals surface area contributed by atoms with Crippen LogP contribution in [-0.2, 0) is 0 Å². The molecule has 1 N–H and O–H groups in total. The van der Waals surface area contributed by atoms with Crippen LogP contribution in [0.15, 0.2) is 67.1 Å². The highest BCUT2D eigenvalue weighted by atomic mass is 16.2. The van der Waals surface area contributed by atoms with E-state index in [0.717, 1.165) is 16.8 Å². The van der Waals surface area contributed by atoms with Crippen molar-refractivity contribution in [2.45, 2.75) is 19.9 Å². The fraction of sp³-hybridized carbons (Fsp3) is 0.158. The molecule has 4 heteroatoms. The molecule has 3 aromatic rings. The topological polar surface area (TPSA) is 46.9 Å². The van der Waals surface area contributed by atoms with Gasteiger partial charge in [0.05, 0.1) is 18.6 Å². The Morgan fingerprint density at radius 1 is 1.09 bits per heavy atom. The number of amides is 1. The lowest BCUT2D eigenvalue weighted by atomic mass is 10.1. The summed E-state index contributed by atoms with van der Waals surface area (Å²) in [5.41, 5.74) is 3.61. The maximum atomic E-state index is 12.5. The Kier molecular flexibility index (Phi) is 4.24. The molecule has 0 aliphatic carbocycles. The molecule has 0 aliphatic rings. The van der Waals surface area contributed by atoms with Gasteiger partial charge in [0.25, 0.3) is 5.91 Å². The molecule has 2 aromatic carbocycles. The average Bonchev–Trinajstić information content (AvgIpc) is 3.07. The van der Waals surface area contributed by atoms with E-state index in [2.05, 4.69) is 17.2 Å². The van der Waals surface area contributed by atoms with Gasteiger partial charge in [-0.25, -0.2) is 4.98 Å². The van der Waals surface area contributed by atoms with Crippen LogP contribution in [0, 0.1) is 6.92 Å². The number of anilines is 1. The number of aromatic nitrogens is 2. The van der Waals surface area contributed by atoms with Gasteiger partial charge in [-0.3, -0.25) is 4.79 Å².